The molecule has 1 aliphatic heterocycles. The Kier molecular flexibility index (Phi) is 4.85. The molecule has 0 saturated carbocycles. The molecular formula is C19H14Cl2FN3O2. The molecule has 1 atom stereocenters. The van der Waals surface area contributed by atoms with E-state index in [-0.39, 0.29) is 17.0 Å². The van der Waals surface area contributed by atoms with Gasteiger partial charge in [0.25, 0.3) is 0 Å². The number of amides is 1. The standard InChI is InChI=1S/C19H14Cl2FN3O2/c20-13-4-1-11(2-5-13)10-25-16(7-8-17(25)26)19-23-18(24-27-19)12-3-6-15(22)14(21)9-12/h1-6,9,16H,7-8,10H2. The maximum Gasteiger partial charge on any atom is 0.249 e. The molecule has 1 aromatic heterocycles. The van der Waals surface area contributed by atoms with Gasteiger partial charge < -0.3 is 9.42 Å². The van der Waals surface area contributed by atoms with Crippen molar-refractivity contribution in [2.24, 2.45) is 0 Å². The molecule has 0 bridgehead atoms. The number of hydrogen-bond acceptors (Lipinski definition) is 4. The van der Waals surface area contributed by atoms with Crippen LogP contribution in [0.1, 0.15) is 30.3 Å². The molecule has 27 heavy (non-hydrogen) atoms. The zero-order valence-electron chi connectivity index (χ0n) is 14.0. The summed E-state index contributed by atoms with van der Waals surface area (Å²) >= 11 is 11.7. The summed E-state index contributed by atoms with van der Waals surface area (Å²) in [7, 11) is 0. The van der Waals surface area contributed by atoms with Crippen LogP contribution in [0.2, 0.25) is 10.0 Å². The number of hydrogen-bond donors (Lipinski definition) is 0. The summed E-state index contributed by atoms with van der Waals surface area (Å²) in [5, 5.41) is 4.58. The first-order valence-electron chi connectivity index (χ1n) is 8.34. The Morgan fingerprint density at radius 3 is 2.70 bits per heavy atom. The monoisotopic (exact) mass is 405 g/mol. The quantitative estimate of drug-likeness (QED) is 0.609. The average Bonchev–Trinajstić information content (AvgIpc) is 3.27. The predicted molar refractivity (Wildman–Crippen MR) is 98.7 cm³/mol. The minimum absolute atomic E-state index is 0.0146. The molecule has 138 valence electrons. The molecule has 0 N–H and O–H groups in total. The minimum Gasteiger partial charge on any atom is -0.337 e. The third-order valence-corrected chi connectivity index (χ3v) is 5.04. The zero-order valence-corrected chi connectivity index (χ0v) is 15.5. The molecule has 8 heteroatoms. The van der Waals surface area contributed by atoms with Gasteiger partial charge in [0.1, 0.15) is 11.9 Å². The maximum absolute atomic E-state index is 13.3. The summed E-state index contributed by atoms with van der Waals surface area (Å²) in [5.74, 6) is 0.169. The van der Waals surface area contributed by atoms with Crippen molar-refractivity contribution in [2.45, 2.75) is 25.4 Å². The van der Waals surface area contributed by atoms with Gasteiger partial charge in [0.05, 0.1) is 5.02 Å². The van der Waals surface area contributed by atoms with E-state index in [1.54, 1.807) is 17.0 Å². The summed E-state index contributed by atoms with van der Waals surface area (Å²) in [4.78, 5) is 18.5. The van der Waals surface area contributed by atoms with Crippen LogP contribution in [0, 0.1) is 5.82 Å². The summed E-state index contributed by atoms with van der Waals surface area (Å²) in [6, 6.07) is 11.3. The molecule has 1 saturated heterocycles. The van der Waals surface area contributed by atoms with Gasteiger partial charge in [-0.25, -0.2) is 4.39 Å². The fourth-order valence-electron chi connectivity index (χ4n) is 3.10. The van der Waals surface area contributed by atoms with Crippen molar-refractivity contribution in [1.29, 1.82) is 0 Å². The molecule has 1 amide bonds. The molecule has 1 fully saturated rings. The lowest BCUT2D eigenvalue weighted by molar-refractivity contribution is -0.129. The fraction of sp³-hybridized carbons (Fsp3) is 0.211. The van der Waals surface area contributed by atoms with Crippen LogP contribution in [0.15, 0.2) is 47.0 Å². The van der Waals surface area contributed by atoms with Gasteiger partial charge in [-0.2, -0.15) is 4.98 Å². The highest BCUT2D eigenvalue weighted by molar-refractivity contribution is 6.31. The molecule has 2 heterocycles. The van der Waals surface area contributed by atoms with E-state index in [0.29, 0.717) is 41.7 Å². The van der Waals surface area contributed by atoms with E-state index in [0.717, 1.165) is 5.56 Å². The van der Waals surface area contributed by atoms with Crippen molar-refractivity contribution in [3.05, 3.63) is 69.8 Å². The molecular weight excluding hydrogens is 392 g/mol. The van der Waals surface area contributed by atoms with E-state index in [1.807, 2.05) is 12.1 Å². The first-order chi connectivity index (χ1) is 13.0. The van der Waals surface area contributed by atoms with E-state index in [2.05, 4.69) is 10.1 Å². The first kappa shape index (κ1) is 17.9. The van der Waals surface area contributed by atoms with Gasteiger partial charge in [-0.3, -0.25) is 4.79 Å². The molecule has 4 rings (SSSR count). The Morgan fingerprint density at radius 2 is 1.96 bits per heavy atom. The van der Waals surface area contributed by atoms with Crippen molar-refractivity contribution >= 4 is 29.1 Å². The van der Waals surface area contributed by atoms with E-state index in [9.17, 15) is 9.18 Å². The average molecular weight is 406 g/mol. The van der Waals surface area contributed by atoms with Crippen LogP contribution in [-0.4, -0.2) is 20.9 Å². The molecule has 1 aliphatic rings. The normalized spacial score (nSPS) is 16.9. The van der Waals surface area contributed by atoms with Gasteiger partial charge in [-0.05, 0) is 42.3 Å². The van der Waals surface area contributed by atoms with Crippen LogP contribution < -0.4 is 0 Å². The Bertz CT molecular complexity index is 991. The number of likely N-dealkylation sites (tertiary alicyclic amines) is 1. The number of carbonyl (C=O) groups is 1. The fourth-order valence-corrected chi connectivity index (χ4v) is 3.40. The number of halogens is 3. The van der Waals surface area contributed by atoms with Crippen LogP contribution in [-0.2, 0) is 11.3 Å². The first-order valence-corrected chi connectivity index (χ1v) is 9.10. The van der Waals surface area contributed by atoms with Crippen LogP contribution in [0.3, 0.4) is 0 Å². The summed E-state index contributed by atoms with van der Waals surface area (Å²) in [6.07, 6.45) is 1.01. The highest BCUT2D eigenvalue weighted by atomic mass is 35.5. The van der Waals surface area contributed by atoms with Crippen molar-refractivity contribution < 1.29 is 13.7 Å². The van der Waals surface area contributed by atoms with Gasteiger partial charge in [0.2, 0.25) is 17.6 Å². The van der Waals surface area contributed by atoms with Crippen LogP contribution in [0.5, 0.6) is 0 Å². The van der Waals surface area contributed by atoms with Gasteiger partial charge in [-0.15, -0.1) is 0 Å². The highest BCUT2D eigenvalue weighted by Gasteiger charge is 2.36. The second-order valence-electron chi connectivity index (χ2n) is 6.29. The molecule has 0 aliphatic carbocycles. The van der Waals surface area contributed by atoms with E-state index < -0.39 is 5.82 Å². The van der Waals surface area contributed by atoms with E-state index in [1.165, 1.54) is 18.2 Å². The number of aromatic nitrogens is 2. The van der Waals surface area contributed by atoms with Crippen molar-refractivity contribution in [3.8, 4) is 11.4 Å². The third kappa shape index (κ3) is 3.68. The second kappa shape index (κ2) is 7.29. The lowest BCUT2D eigenvalue weighted by atomic mass is 10.1. The highest BCUT2D eigenvalue weighted by Crippen LogP contribution is 2.34. The largest absolute Gasteiger partial charge is 0.337 e. The molecule has 1 unspecified atom stereocenters. The third-order valence-electron chi connectivity index (χ3n) is 4.50. The lowest BCUT2D eigenvalue weighted by Crippen LogP contribution is -2.27. The van der Waals surface area contributed by atoms with Crippen molar-refractivity contribution in [1.82, 2.24) is 15.0 Å². The minimum atomic E-state index is -0.514. The van der Waals surface area contributed by atoms with Crippen LogP contribution >= 0.6 is 23.2 Å². The van der Waals surface area contributed by atoms with E-state index in [4.69, 9.17) is 27.7 Å². The smallest absolute Gasteiger partial charge is 0.249 e. The van der Waals surface area contributed by atoms with Gasteiger partial charge in [0, 0.05) is 23.6 Å². The lowest BCUT2D eigenvalue weighted by Gasteiger charge is -2.22. The molecule has 3 aromatic rings. The number of rotatable bonds is 4. The second-order valence-corrected chi connectivity index (χ2v) is 7.13. The molecule has 5 nitrogen and oxygen atoms in total. The number of benzene rings is 2. The van der Waals surface area contributed by atoms with Gasteiger partial charge >= 0.3 is 0 Å². The summed E-state index contributed by atoms with van der Waals surface area (Å²) < 4.78 is 18.7. The zero-order chi connectivity index (χ0) is 19.0. The number of nitrogens with zero attached hydrogens (tertiary/aromatic N) is 3. The van der Waals surface area contributed by atoms with Gasteiger partial charge in [-0.1, -0.05) is 40.5 Å². The Balaban J connectivity index is 1.58. The SMILES string of the molecule is O=C1CCC(c2nc(-c3ccc(F)c(Cl)c3)no2)N1Cc1ccc(Cl)cc1. The van der Waals surface area contributed by atoms with Crippen molar-refractivity contribution in [3.63, 3.8) is 0 Å². The predicted octanol–water partition coefficient (Wildman–Crippen LogP) is 5.05. The Labute approximate surface area is 164 Å². The molecule has 2 aromatic carbocycles. The maximum atomic E-state index is 13.3. The molecule has 0 radical (unpaired) electrons. The Hall–Kier alpha value is -2.44. The van der Waals surface area contributed by atoms with Crippen LogP contribution in [0.4, 0.5) is 4.39 Å². The van der Waals surface area contributed by atoms with Crippen molar-refractivity contribution in [2.75, 3.05) is 0 Å². The molecule has 0 spiro atoms. The number of carbonyl (C=O) groups excluding carboxylic acids is 1. The summed E-state index contributed by atoms with van der Waals surface area (Å²) in [6.45, 7) is 0.431. The van der Waals surface area contributed by atoms with Crippen LogP contribution in [0.25, 0.3) is 11.4 Å². The summed E-state index contributed by atoms with van der Waals surface area (Å²) in [5.41, 5.74) is 1.51. The van der Waals surface area contributed by atoms with Gasteiger partial charge in [0.15, 0.2) is 0 Å². The topological polar surface area (TPSA) is 59.2 Å². The van der Waals surface area contributed by atoms with E-state index >= 15 is 0 Å². The Morgan fingerprint density at radius 1 is 1.19 bits per heavy atom.